The normalized spacial score (nSPS) is 10.8. The van der Waals surface area contributed by atoms with Gasteiger partial charge in [-0.15, -0.1) is 0 Å². The van der Waals surface area contributed by atoms with E-state index >= 15 is 0 Å². The molecule has 0 fully saturated rings. The van der Waals surface area contributed by atoms with Crippen molar-refractivity contribution < 1.29 is 4.39 Å². The second kappa shape index (κ2) is 8.90. The lowest BCUT2D eigenvalue weighted by molar-refractivity contribution is 0.523. The molecule has 2 nitrogen and oxygen atoms in total. The molecule has 112 valence electrons. The van der Waals surface area contributed by atoms with E-state index in [0.29, 0.717) is 5.56 Å². The van der Waals surface area contributed by atoms with E-state index < -0.39 is 0 Å². The number of thiocarbonyl (C=S) groups is 1. The molecule has 1 rings (SSSR count). The van der Waals surface area contributed by atoms with Crippen LogP contribution in [0.1, 0.15) is 51.5 Å². The van der Waals surface area contributed by atoms with Gasteiger partial charge in [-0.25, -0.2) is 4.39 Å². The Hall–Kier alpha value is -1.16. The Kier molecular flexibility index (Phi) is 7.52. The number of halogens is 1. The van der Waals surface area contributed by atoms with Crippen molar-refractivity contribution in [1.82, 2.24) is 0 Å². The van der Waals surface area contributed by atoms with Gasteiger partial charge in [0.05, 0.1) is 0 Å². The Morgan fingerprint density at radius 2 is 1.95 bits per heavy atom. The van der Waals surface area contributed by atoms with E-state index in [0.717, 1.165) is 24.6 Å². The quantitative estimate of drug-likeness (QED) is 0.521. The van der Waals surface area contributed by atoms with Gasteiger partial charge in [0, 0.05) is 17.8 Å². The first-order valence-corrected chi connectivity index (χ1v) is 7.74. The minimum Gasteiger partial charge on any atom is -0.389 e. The van der Waals surface area contributed by atoms with Crippen molar-refractivity contribution in [2.45, 2.75) is 46.0 Å². The Morgan fingerprint density at radius 1 is 1.25 bits per heavy atom. The Morgan fingerprint density at radius 3 is 2.60 bits per heavy atom. The van der Waals surface area contributed by atoms with Crippen LogP contribution in [0, 0.1) is 11.7 Å². The largest absolute Gasteiger partial charge is 0.389 e. The van der Waals surface area contributed by atoms with Crippen molar-refractivity contribution in [1.29, 1.82) is 0 Å². The molecule has 0 radical (unpaired) electrons. The van der Waals surface area contributed by atoms with Crippen molar-refractivity contribution in [3.63, 3.8) is 0 Å². The first-order chi connectivity index (χ1) is 9.50. The van der Waals surface area contributed by atoms with Crippen LogP contribution in [0.15, 0.2) is 18.2 Å². The van der Waals surface area contributed by atoms with Crippen LogP contribution >= 0.6 is 12.2 Å². The van der Waals surface area contributed by atoms with Crippen molar-refractivity contribution in [2.75, 3.05) is 11.9 Å². The van der Waals surface area contributed by atoms with E-state index in [2.05, 4.69) is 19.2 Å². The molecule has 3 N–H and O–H groups in total. The summed E-state index contributed by atoms with van der Waals surface area (Å²) in [5, 5.41) is 3.29. The smallest absolute Gasteiger partial charge is 0.124 e. The lowest BCUT2D eigenvalue weighted by Crippen LogP contribution is -2.14. The summed E-state index contributed by atoms with van der Waals surface area (Å²) < 4.78 is 13.2. The summed E-state index contributed by atoms with van der Waals surface area (Å²) in [4.78, 5) is 0.226. The fourth-order valence-corrected chi connectivity index (χ4v) is 2.30. The summed E-state index contributed by atoms with van der Waals surface area (Å²) in [6, 6.07) is 4.50. The fourth-order valence-electron chi connectivity index (χ4n) is 2.13. The molecular formula is C16H25FN2S. The highest BCUT2D eigenvalue weighted by Gasteiger charge is 2.06. The summed E-state index contributed by atoms with van der Waals surface area (Å²) in [5.41, 5.74) is 7.01. The predicted octanol–water partition coefficient (Wildman–Crippen LogP) is 4.48. The summed E-state index contributed by atoms with van der Waals surface area (Å²) in [7, 11) is 0. The molecular weight excluding hydrogens is 271 g/mol. The number of nitrogens with one attached hydrogen (secondary N) is 1. The lowest BCUT2D eigenvalue weighted by Gasteiger charge is -2.11. The zero-order valence-corrected chi connectivity index (χ0v) is 13.2. The molecule has 0 saturated carbocycles. The Balaban J connectivity index is 2.30. The standard InChI is InChI=1S/C16H25FN2S/c1-12(2)7-5-3-4-6-10-19-15-9-8-13(17)11-14(15)16(18)20/h8-9,11-12,19H,3-7,10H2,1-2H3,(H2,18,20). The molecule has 0 aliphatic carbocycles. The van der Waals surface area contributed by atoms with Gasteiger partial charge in [0.1, 0.15) is 10.8 Å². The van der Waals surface area contributed by atoms with E-state index in [1.54, 1.807) is 6.07 Å². The van der Waals surface area contributed by atoms with Crippen LogP contribution in [0.5, 0.6) is 0 Å². The van der Waals surface area contributed by atoms with Gasteiger partial charge in [0.25, 0.3) is 0 Å². The van der Waals surface area contributed by atoms with Crippen molar-refractivity contribution in [2.24, 2.45) is 11.7 Å². The average molecular weight is 296 g/mol. The van der Waals surface area contributed by atoms with Crippen LogP contribution < -0.4 is 11.1 Å². The summed E-state index contributed by atoms with van der Waals surface area (Å²) in [6.07, 6.45) is 6.18. The Labute approximate surface area is 126 Å². The first-order valence-electron chi connectivity index (χ1n) is 7.34. The van der Waals surface area contributed by atoms with Gasteiger partial charge in [-0.05, 0) is 30.5 Å². The Bertz CT molecular complexity index is 432. The molecule has 0 aromatic heterocycles. The van der Waals surface area contributed by atoms with E-state index in [1.807, 2.05) is 0 Å². The van der Waals surface area contributed by atoms with Gasteiger partial charge in [-0.1, -0.05) is 51.7 Å². The van der Waals surface area contributed by atoms with Crippen molar-refractivity contribution >= 4 is 22.9 Å². The molecule has 0 saturated heterocycles. The molecule has 1 aromatic rings. The van der Waals surface area contributed by atoms with Crippen LogP contribution in [0.25, 0.3) is 0 Å². The van der Waals surface area contributed by atoms with Gasteiger partial charge in [-0.3, -0.25) is 0 Å². The third-order valence-electron chi connectivity index (χ3n) is 3.27. The molecule has 4 heteroatoms. The molecule has 1 aromatic carbocycles. The topological polar surface area (TPSA) is 38.0 Å². The van der Waals surface area contributed by atoms with Crippen molar-refractivity contribution in [3.8, 4) is 0 Å². The zero-order chi connectivity index (χ0) is 15.0. The van der Waals surface area contributed by atoms with Gasteiger partial charge >= 0.3 is 0 Å². The lowest BCUT2D eigenvalue weighted by atomic mass is 10.0. The second-order valence-corrected chi connectivity index (χ2v) is 6.02. The molecule has 0 bridgehead atoms. The molecule has 20 heavy (non-hydrogen) atoms. The predicted molar refractivity (Wildman–Crippen MR) is 88.7 cm³/mol. The third-order valence-corrected chi connectivity index (χ3v) is 3.49. The number of rotatable bonds is 9. The van der Waals surface area contributed by atoms with E-state index in [1.165, 1.54) is 37.8 Å². The van der Waals surface area contributed by atoms with Gasteiger partial charge in [0.15, 0.2) is 0 Å². The maximum absolute atomic E-state index is 13.2. The highest BCUT2D eigenvalue weighted by atomic mass is 32.1. The maximum atomic E-state index is 13.2. The van der Waals surface area contributed by atoms with Crippen LogP contribution in [0.3, 0.4) is 0 Å². The average Bonchev–Trinajstić information content (AvgIpc) is 2.38. The van der Waals surface area contributed by atoms with E-state index in [-0.39, 0.29) is 10.8 Å². The van der Waals surface area contributed by atoms with Crippen LogP contribution in [-0.2, 0) is 0 Å². The van der Waals surface area contributed by atoms with Crippen LogP contribution in [0.4, 0.5) is 10.1 Å². The number of hydrogen-bond acceptors (Lipinski definition) is 2. The molecule has 0 unspecified atom stereocenters. The second-order valence-electron chi connectivity index (χ2n) is 5.58. The summed E-state index contributed by atoms with van der Waals surface area (Å²) in [5.74, 6) is 0.479. The molecule has 0 amide bonds. The molecule has 0 aliphatic heterocycles. The van der Waals surface area contributed by atoms with Crippen LogP contribution in [-0.4, -0.2) is 11.5 Å². The summed E-state index contributed by atoms with van der Waals surface area (Å²) in [6.45, 7) is 5.38. The summed E-state index contributed by atoms with van der Waals surface area (Å²) >= 11 is 4.94. The molecule has 0 atom stereocenters. The number of anilines is 1. The highest BCUT2D eigenvalue weighted by Crippen LogP contribution is 2.17. The van der Waals surface area contributed by atoms with Gasteiger partial charge < -0.3 is 11.1 Å². The number of hydrogen-bond donors (Lipinski definition) is 2. The van der Waals surface area contributed by atoms with Gasteiger partial charge in [0.2, 0.25) is 0 Å². The number of unbranched alkanes of at least 4 members (excludes halogenated alkanes) is 3. The minimum absolute atomic E-state index is 0.226. The van der Waals surface area contributed by atoms with Gasteiger partial charge in [-0.2, -0.15) is 0 Å². The molecule has 0 spiro atoms. The number of nitrogens with two attached hydrogens (primary N) is 1. The van der Waals surface area contributed by atoms with Crippen LogP contribution in [0.2, 0.25) is 0 Å². The SMILES string of the molecule is CC(C)CCCCCCNc1ccc(F)cc1C(N)=S. The zero-order valence-electron chi connectivity index (χ0n) is 12.4. The molecule has 0 heterocycles. The minimum atomic E-state index is -0.313. The maximum Gasteiger partial charge on any atom is 0.124 e. The number of benzene rings is 1. The highest BCUT2D eigenvalue weighted by molar-refractivity contribution is 7.80. The molecule has 0 aliphatic rings. The third kappa shape index (κ3) is 6.33. The monoisotopic (exact) mass is 296 g/mol. The van der Waals surface area contributed by atoms with E-state index in [9.17, 15) is 4.39 Å². The van der Waals surface area contributed by atoms with E-state index in [4.69, 9.17) is 18.0 Å². The first kappa shape index (κ1) is 16.9. The van der Waals surface area contributed by atoms with Crippen molar-refractivity contribution in [3.05, 3.63) is 29.6 Å². The fraction of sp³-hybridized carbons (Fsp3) is 0.562.